The van der Waals surface area contributed by atoms with Crippen molar-refractivity contribution in [3.63, 3.8) is 0 Å². The number of rotatable bonds is 8. The van der Waals surface area contributed by atoms with E-state index in [9.17, 15) is 14.4 Å². The topological polar surface area (TPSA) is 113 Å². The molecule has 148 valence electrons. The Morgan fingerprint density at radius 2 is 1.86 bits per heavy atom. The van der Waals surface area contributed by atoms with Gasteiger partial charge < -0.3 is 15.7 Å². The summed E-state index contributed by atoms with van der Waals surface area (Å²) in [4.78, 5) is 35.2. The van der Waals surface area contributed by atoms with Crippen LogP contribution < -0.4 is 10.6 Å². The molecule has 3 N–H and O–H groups in total. The summed E-state index contributed by atoms with van der Waals surface area (Å²) in [6.45, 7) is -0.114. The molecule has 0 aliphatic heterocycles. The molecule has 1 aromatic carbocycles. The van der Waals surface area contributed by atoms with Crippen molar-refractivity contribution >= 4 is 23.5 Å². The Balaban J connectivity index is 1.53. The second kappa shape index (κ2) is 9.16. The van der Waals surface area contributed by atoms with E-state index in [1.807, 2.05) is 0 Å². The van der Waals surface area contributed by atoms with Crippen LogP contribution in [0.5, 0.6) is 0 Å². The summed E-state index contributed by atoms with van der Waals surface area (Å²) in [7, 11) is 0. The fraction of sp³-hybridized carbons (Fsp3) is 0.400. The summed E-state index contributed by atoms with van der Waals surface area (Å²) in [5.74, 6) is -0.961. The van der Waals surface area contributed by atoms with Gasteiger partial charge in [0.2, 0.25) is 11.8 Å². The van der Waals surface area contributed by atoms with Crippen LogP contribution in [0.25, 0.3) is 5.69 Å². The first-order chi connectivity index (χ1) is 13.5. The van der Waals surface area contributed by atoms with Crippen molar-refractivity contribution in [3.8, 4) is 5.69 Å². The Hall–Kier alpha value is -3.16. The van der Waals surface area contributed by atoms with Crippen molar-refractivity contribution in [1.82, 2.24) is 15.1 Å². The molecular formula is C20H24N4O4. The minimum Gasteiger partial charge on any atom is -0.476 e. The van der Waals surface area contributed by atoms with Crippen molar-refractivity contribution in [1.29, 1.82) is 0 Å². The molecule has 2 amide bonds. The van der Waals surface area contributed by atoms with Crippen molar-refractivity contribution in [2.45, 2.75) is 38.5 Å². The molecule has 0 radical (unpaired) electrons. The molecule has 3 rings (SSSR count). The summed E-state index contributed by atoms with van der Waals surface area (Å²) >= 11 is 0. The van der Waals surface area contributed by atoms with Crippen LogP contribution in [0.15, 0.2) is 36.5 Å². The third kappa shape index (κ3) is 5.18. The Kier molecular flexibility index (Phi) is 6.41. The van der Waals surface area contributed by atoms with E-state index < -0.39 is 5.97 Å². The summed E-state index contributed by atoms with van der Waals surface area (Å²) in [6.07, 6.45) is 7.72. The largest absolute Gasteiger partial charge is 0.476 e. The highest BCUT2D eigenvalue weighted by Crippen LogP contribution is 2.28. The number of carbonyl (C=O) groups excluding carboxylic acids is 2. The molecule has 28 heavy (non-hydrogen) atoms. The van der Waals surface area contributed by atoms with E-state index in [1.54, 1.807) is 24.3 Å². The lowest BCUT2D eigenvalue weighted by Gasteiger charge is -2.12. The molecule has 1 aliphatic carbocycles. The Morgan fingerprint density at radius 3 is 2.57 bits per heavy atom. The first-order valence-electron chi connectivity index (χ1n) is 9.48. The molecule has 1 heterocycles. The minimum atomic E-state index is -1.12. The average molecular weight is 384 g/mol. The van der Waals surface area contributed by atoms with Gasteiger partial charge in [-0.25, -0.2) is 9.48 Å². The van der Waals surface area contributed by atoms with Gasteiger partial charge in [-0.1, -0.05) is 37.8 Å². The molecular weight excluding hydrogens is 360 g/mol. The van der Waals surface area contributed by atoms with Gasteiger partial charge in [-0.15, -0.1) is 0 Å². The molecule has 1 saturated carbocycles. The molecule has 0 unspecified atom stereocenters. The SMILES string of the molecule is O=C(CCC1CCCC1)NCC(=O)Nc1ccccc1-n1ccc(C(=O)O)n1. The number of aromatic carboxylic acids is 1. The number of carbonyl (C=O) groups is 3. The van der Waals surface area contributed by atoms with Gasteiger partial charge in [0, 0.05) is 12.6 Å². The molecule has 0 spiro atoms. The molecule has 1 fully saturated rings. The first kappa shape index (κ1) is 19.6. The maximum atomic E-state index is 12.2. The van der Waals surface area contributed by atoms with Crippen molar-refractivity contribution in [2.24, 2.45) is 5.92 Å². The summed E-state index contributed by atoms with van der Waals surface area (Å²) in [5, 5.41) is 18.4. The molecule has 2 aromatic rings. The summed E-state index contributed by atoms with van der Waals surface area (Å²) < 4.78 is 1.39. The maximum absolute atomic E-state index is 12.2. The molecule has 0 atom stereocenters. The second-order valence-corrected chi connectivity index (χ2v) is 6.98. The number of nitrogens with one attached hydrogen (secondary N) is 2. The zero-order chi connectivity index (χ0) is 19.9. The Morgan fingerprint density at radius 1 is 1.11 bits per heavy atom. The van der Waals surface area contributed by atoms with Crippen LogP contribution in [0.1, 0.15) is 49.0 Å². The Labute approximate surface area is 162 Å². The fourth-order valence-electron chi connectivity index (χ4n) is 3.45. The van der Waals surface area contributed by atoms with E-state index in [4.69, 9.17) is 5.11 Å². The number of carboxylic acid groups (broad SMARTS) is 1. The monoisotopic (exact) mass is 384 g/mol. The van der Waals surface area contributed by atoms with Gasteiger partial charge in [-0.2, -0.15) is 5.10 Å². The van der Waals surface area contributed by atoms with E-state index in [2.05, 4.69) is 15.7 Å². The molecule has 1 aromatic heterocycles. The van der Waals surface area contributed by atoms with Crippen LogP contribution in [-0.2, 0) is 9.59 Å². The van der Waals surface area contributed by atoms with Gasteiger partial charge in [0.15, 0.2) is 5.69 Å². The van der Waals surface area contributed by atoms with E-state index in [-0.39, 0.29) is 24.1 Å². The predicted molar refractivity (Wildman–Crippen MR) is 103 cm³/mol. The lowest BCUT2D eigenvalue weighted by molar-refractivity contribution is -0.124. The third-order valence-electron chi connectivity index (χ3n) is 4.93. The van der Waals surface area contributed by atoms with E-state index in [0.29, 0.717) is 23.7 Å². The van der Waals surface area contributed by atoms with Crippen LogP contribution in [0.3, 0.4) is 0 Å². The van der Waals surface area contributed by atoms with Crippen LogP contribution in [0, 0.1) is 5.92 Å². The molecule has 8 nitrogen and oxygen atoms in total. The number of para-hydroxylation sites is 2. The molecule has 1 aliphatic rings. The standard InChI is InChI=1S/C20H24N4O4/c25-18(10-9-14-5-1-2-6-14)21-13-19(26)22-15-7-3-4-8-17(15)24-12-11-16(23-24)20(27)28/h3-4,7-8,11-12,14H,1-2,5-6,9-10,13H2,(H,21,25)(H,22,26)(H,27,28). The number of hydrogen-bond donors (Lipinski definition) is 3. The zero-order valence-electron chi connectivity index (χ0n) is 15.6. The van der Waals surface area contributed by atoms with E-state index in [0.717, 1.165) is 6.42 Å². The van der Waals surface area contributed by atoms with Gasteiger partial charge >= 0.3 is 5.97 Å². The Bertz CT molecular complexity index is 855. The number of amides is 2. The van der Waals surface area contributed by atoms with Gasteiger partial charge in [0.25, 0.3) is 0 Å². The van der Waals surface area contributed by atoms with Crippen LogP contribution >= 0.6 is 0 Å². The second-order valence-electron chi connectivity index (χ2n) is 6.98. The van der Waals surface area contributed by atoms with E-state index >= 15 is 0 Å². The van der Waals surface area contributed by atoms with Crippen molar-refractivity contribution in [2.75, 3.05) is 11.9 Å². The number of benzene rings is 1. The number of nitrogens with zero attached hydrogens (tertiary/aromatic N) is 2. The minimum absolute atomic E-state index is 0.0874. The lowest BCUT2D eigenvalue weighted by atomic mass is 10.0. The zero-order valence-corrected chi connectivity index (χ0v) is 15.6. The van der Waals surface area contributed by atoms with Crippen LogP contribution in [0.2, 0.25) is 0 Å². The molecule has 0 bridgehead atoms. The van der Waals surface area contributed by atoms with Gasteiger partial charge in [-0.05, 0) is 30.5 Å². The van der Waals surface area contributed by atoms with Crippen molar-refractivity contribution in [3.05, 3.63) is 42.2 Å². The number of carboxylic acids is 1. The number of anilines is 1. The van der Waals surface area contributed by atoms with Crippen LogP contribution in [-0.4, -0.2) is 39.2 Å². The number of hydrogen-bond acceptors (Lipinski definition) is 4. The predicted octanol–water partition coefficient (Wildman–Crippen LogP) is 2.60. The fourth-order valence-corrected chi connectivity index (χ4v) is 3.45. The number of aromatic nitrogens is 2. The van der Waals surface area contributed by atoms with E-state index in [1.165, 1.54) is 42.6 Å². The highest BCUT2D eigenvalue weighted by Gasteiger charge is 2.17. The van der Waals surface area contributed by atoms with Gasteiger partial charge in [0.05, 0.1) is 17.9 Å². The molecule has 8 heteroatoms. The first-order valence-corrected chi connectivity index (χ1v) is 9.48. The highest BCUT2D eigenvalue weighted by molar-refractivity contribution is 5.96. The molecule has 0 saturated heterocycles. The average Bonchev–Trinajstić information content (AvgIpc) is 3.37. The highest BCUT2D eigenvalue weighted by atomic mass is 16.4. The maximum Gasteiger partial charge on any atom is 0.356 e. The normalized spacial score (nSPS) is 14.0. The quantitative estimate of drug-likeness (QED) is 0.647. The summed E-state index contributed by atoms with van der Waals surface area (Å²) in [6, 6.07) is 8.30. The van der Waals surface area contributed by atoms with Gasteiger partial charge in [0.1, 0.15) is 0 Å². The summed E-state index contributed by atoms with van der Waals surface area (Å²) in [5.41, 5.74) is 0.930. The van der Waals surface area contributed by atoms with Crippen LogP contribution in [0.4, 0.5) is 5.69 Å². The van der Waals surface area contributed by atoms with Crippen molar-refractivity contribution < 1.29 is 19.5 Å². The smallest absolute Gasteiger partial charge is 0.356 e. The third-order valence-corrected chi connectivity index (χ3v) is 4.93. The lowest BCUT2D eigenvalue weighted by Crippen LogP contribution is -2.33. The van der Waals surface area contributed by atoms with Gasteiger partial charge in [-0.3, -0.25) is 9.59 Å².